The van der Waals surface area contributed by atoms with Gasteiger partial charge in [0.15, 0.2) is 18.0 Å². The molecule has 0 saturated carbocycles. The molecule has 4 rings (SSSR count). The molecule has 4 aromatic carbocycles. The molecule has 4 aromatic rings. The second-order valence-electron chi connectivity index (χ2n) is 13.5. The molecule has 0 unspecified atom stereocenters. The van der Waals surface area contributed by atoms with E-state index in [1.54, 1.807) is 20.8 Å². The van der Waals surface area contributed by atoms with Crippen LogP contribution in [0.2, 0.25) is 0 Å². The fourth-order valence-corrected chi connectivity index (χ4v) is 5.90. The number of carbonyl (C=O) groups is 3. The summed E-state index contributed by atoms with van der Waals surface area (Å²) < 4.78 is 16.7. The van der Waals surface area contributed by atoms with Crippen molar-refractivity contribution in [3.05, 3.63) is 96.1 Å². The summed E-state index contributed by atoms with van der Waals surface area (Å²) in [5.41, 5.74) is 1.81. The van der Waals surface area contributed by atoms with Crippen LogP contribution in [-0.4, -0.2) is 53.9 Å². The van der Waals surface area contributed by atoms with Gasteiger partial charge >= 0.3 is 11.9 Å². The number of aryl methyl sites for hydroxylation is 2. The fraction of sp³-hybridized carbons (Fsp3) is 0.439. The number of carboxylic acid groups (broad SMARTS) is 1. The van der Waals surface area contributed by atoms with Crippen LogP contribution in [0.25, 0.3) is 21.5 Å². The quantitative estimate of drug-likeness (QED) is 0.0752. The van der Waals surface area contributed by atoms with Gasteiger partial charge in [-0.25, -0.2) is 9.59 Å². The van der Waals surface area contributed by atoms with Crippen molar-refractivity contribution in [2.45, 2.75) is 103 Å². The summed E-state index contributed by atoms with van der Waals surface area (Å²) in [6.07, 6.45) is 5.07. The lowest BCUT2D eigenvalue weighted by Crippen LogP contribution is -2.45. The van der Waals surface area contributed by atoms with Crippen LogP contribution in [-0.2, 0) is 41.4 Å². The standard InChI is InChI=1S/C41H50O7/c1-41(2,3)48-37(43)29-47-39(40(44)45)38(46-26-14-6-8-16-31-23-25-33-18-11-13-20-35(33)28-31)36(42)21-9-5-4-7-15-30-22-24-32-17-10-12-19-34(32)27-30/h10-13,17-20,22-25,27-28,38-39H,4-9,14-16,21,26,29H2,1-3H3,(H,44,45)/t38-,39+/m0/s1. The molecule has 0 amide bonds. The number of esters is 1. The molecule has 0 radical (unpaired) electrons. The van der Waals surface area contributed by atoms with Crippen LogP contribution < -0.4 is 0 Å². The second kappa shape index (κ2) is 18.5. The molecular weight excluding hydrogens is 604 g/mol. The van der Waals surface area contributed by atoms with Gasteiger partial charge < -0.3 is 19.3 Å². The third-order valence-electron chi connectivity index (χ3n) is 8.31. The predicted molar refractivity (Wildman–Crippen MR) is 190 cm³/mol. The summed E-state index contributed by atoms with van der Waals surface area (Å²) in [4.78, 5) is 37.9. The number of rotatable bonds is 20. The van der Waals surface area contributed by atoms with Crippen LogP contribution >= 0.6 is 0 Å². The summed E-state index contributed by atoms with van der Waals surface area (Å²) in [5, 5.41) is 14.9. The number of hydrogen-bond acceptors (Lipinski definition) is 6. The molecule has 0 aliphatic rings. The van der Waals surface area contributed by atoms with Gasteiger partial charge in [-0.15, -0.1) is 0 Å². The highest BCUT2D eigenvalue weighted by Gasteiger charge is 2.36. The normalized spacial score (nSPS) is 13.0. The van der Waals surface area contributed by atoms with Gasteiger partial charge in [-0.1, -0.05) is 104 Å². The van der Waals surface area contributed by atoms with Crippen molar-refractivity contribution in [3.8, 4) is 0 Å². The Morgan fingerprint density at radius 2 is 1.15 bits per heavy atom. The van der Waals surface area contributed by atoms with Crippen molar-refractivity contribution in [2.24, 2.45) is 0 Å². The highest BCUT2D eigenvalue weighted by molar-refractivity contribution is 5.90. The van der Waals surface area contributed by atoms with E-state index in [0.29, 0.717) is 12.8 Å². The van der Waals surface area contributed by atoms with Crippen molar-refractivity contribution in [3.63, 3.8) is 0 Å². The van der Waals surface area contributed by atoms with Crippen LogP contribution in [0.15, 0.2) is 84.9 Å². The van der Waals surface area contributed by atoms with Crippen molar-refractivity contribution in [2.75, 3.05) is 13.2 Å². The number of ketones is 1. The van der Waals surface area contributed by atoms with Gasteiger partial charge in [0.25, 0.3) is 0 Å². The smallest absolute Gasteiger partial charge is 0.336 e. The van der Waals surface area contributed by atoms with E-state index in [2.05, 4.69) is 60.7 Å². The zero-order chi connectivity index (χ0) is 34.4. The molecule has 0 fully saturated rings. The molecule has 0 bridgehead atoms. The van der Waals surface area contributed by atoms with Crippen molar-refractivity contribution < 1.29 is 33.7 Å². The molecule has 0 aliphatic heterocycles. The van der Waals surface area contributed by atoms with Crippen LogP contribution in [0.3, 0.4) is 0 Å². The van der Waals surface area contributed by atoms with E-state index in [1.165, 1.54) is 32.7 Å². The molecule has 48 heavy (non-hydrogen) atoms. The minimum Gasteiger partial charge on any atom is -0.479 e. The number of unbranched alkanes of at least 4 members (excludes halogenated alkanes) is 5. The number of aliphatic carboxylic acids is 1. The maximum Gasteiger partial charge on any atom is 0.336 e. The molecule has 0 saturated heterocycles. The van der Waals surface area contributed by atoms with Crippen LogP contribution in [0.4, 0.5) is 0 Å². The van der Waals surface area contributed by atoms with Crippen LogP contribution in [0.1, 0.15) is 83.3 Å². The van der Waals surface area contributed by atoms with Gasteiger partial charge in [0, 0.05) is 13.0 Å². The Balaban J connectivity index is 1.25. The van der Waals surface area contributed by atoms with Crippen LogP contribution in [0, 0.1) is 0 Å². The number of fused-ring (bicyclic) bond motifs is 2. The highest BCUT2D eigenvalue weighted by Crippen LogP contribution is 2.20. The first-order chi connectivity index (χ1) is 23.1. The third-order valence-corrected chi connectivity index (χ3v) is 8.31. The maximum atomic E-state index is 13.4. The summed E-state index contributed by atoms with van der Waals surface area (Å²) in [6.45, 7) is 4.80. The highest BCUT2D eigenvalue weighted by atomic mass is 16.6. The van der Waals surface area contributed by atoms with E-state index < -0.39 is 36.4 Å². The Labute approximate surface area is 284 Å². The number of ether oxygens (including phenoxy) is 3. The second-order valence-corrected chi connectivity index (χ2v) is 13.5. The van der Waals surface area contributed by atoms with Crippen molar-refractivity contribution in [1.82, 2.24) is 0 Å². The molecule has 1 N–H and O–H groups in total. The number of Topliss-reactive ketones (excluding diaryl/α,β-unsaturated/α-hetero) is 1. The zero-order valence-corrected chi connectivity index (χ0v) is 28.6. The Morgan fingerprint density at radius 1 is 0.625 bits per heavy atom. The van der Waals surface area contributed by atoms with E-state index in [4.69, 9.17) is 14.2 Å². The first-order valence-electron chi connectivity index (χ1n) is 17.2. The Bertz CT molecular complexity index is 1640. The summed E-state index contributed by atoms with van der Waals surface area (Å²) in [6, 6.07) is 29.6. The van der Waals surface area contributed by atoms with Crippen molar-refractivity contribution in [1.29, 1.82) is 0 Å². The summed E-state index contributed by atoms with van der Waals surface area (Å²) >= 11 is 0. The molecule has 7 nitrogen and oxygen atoms in total. The van der Waals surface area contributed by atoms with E-state index >= 15 is 0 Å². The first-order valence-corrected chi connectivity index (χ1v) is 17.2. The third kappa shape index (κ3) is 12.2. The molecule has 0 spiro atoms. The van der Waals surface area contributed by atoms with Gasteiger partial charge in [-0.05, 0) is 92.0 Å². The lowest BCUT2D eigenvalue weighted by atomic mass is 10.00. The number of hydrogen-bond donors (Lipinski definition) is 1. The summed E-state index contributed by atoms with van der Waals surface area (Å²) in [5.74, 6) is -2.36. The number of carboxylic acids is 1. The molecule has 0 aliphatic carbocycles. The Hall–Kier alpha value is -4.07. The predicted octanol–water partition coefficient (Wildman–Crippen LogP) is 8.66. The summed E-state index contributed by atoms with van der Waals surface area (Å²) in [7, 11) is 0. The lowest BCUT2D eigenvalue weighted by Gasteiger charge is -2.25. The van der Waals surface area contributed by atoms with Gasteiger partial charge in [-0.2, -0.15) is 0 Å². The Kier molecular flexibility index (Phi) is 14.1. The lowest BCUT2D eigenvalue weighted by molar-refractivity contribution is -0.177. The minimum atomic E-state index is -1.60. The van der Waals surface area contributed by atoms with Gasteiger partial charge in [0.1, 0.15) is 12.2 Å². The largest absolute Gasteiger partial charge is 0.479 e. The van der Waals surface area contributed by atoms with Gasteiger partial charge in [0.05, 0.1) is 0 Å². The minimum absolute atomic E-state index is 0.183. The molecule has 2 atom stereocenters. The van der Waals surface area contributed by atoms with E-state index in [1.807, 2.05) is 24.3 Å². The SMILES string of the molecule is CC(C)(C)OC(=O)CO[C@@H](C(=O)O)[C@@H](OCCCCCc1ccc2ccccc2c1)C(=O)CCCCCCc1ccc2ccccc2c1. The maximum absolute atomic E-state index is 13.4. The van der Waals surface area contributed by atoms with Gasteiger partial charge in [0.2, 0.25) is 0 Å². The van der Waals surface area contributed by atoms with Crippen LogP contribution in [0.5, 0.6) is 0 Å². The number of benzene rings is 4. The Morgan fingerprint density at radius 3 is 1.69 bits per heavy atom. The topological polar surface area (TPSA) is 99.1 Å². The average Bonchev–Trinajstić information content (AvgIpc) is 3.05. The molecule has 7 heteroatoms. The number of carbonyl (C=O) groups excluding carboxylic acids is 2. The molecular formula is C41H50O7. The van der Waals surface area contributed by atoms with E-state index in [0.717, 1.165) is 44.9 Å². The van der Waals surface area contributed by atoms with E-state index in [-0.39, 0.29) is 18.8 Å². The monoisotopic (exact) mass is 654 g/mol. The molecule has 256 valence electrons. The average molecular weight is 655 g/mol. The molecule has 0 aromatic heterocycles. The fourth-order valence-electron chi connectivity index (χ4n) is 5.90. The van der Waals surface area contributed by atoms with E-state index in [9.17, 15) is 19.5 Å². The molecule has 0 heterocycles. The van der Waals surface area contributed by atoms with Gasteiger partial charge in [-0.3, -0.25) is 4.79 Å². The first kappa shape index (κ1) is 36.8. The zero-order valence-electron chi connectivity index (χ0n) is 28.6. The van der Waals surface area contributed by atoms with Crippen molar-refractivity contribution >= 4 is 39.3 Å².